The lowest BCUT2D eigenvalue weighted by molar-refractivity contribution is -0.526. The van der Waals surface area contributed by atoms with Gasteiger partial charge in [-0.2, -0.15) is 96.6 Å². The van der Waals surface area contributed by atoms with Crippen molar-refractivity contribution < 1.29 is 106 Å². The molecule has 0 amide bonds. The van der Waals surface area contributed by atoms with Crippen molar-refractivity contribution in [1.29, 1.82) is 0 Å². The van der Waals surface area contributed by atoms with E-state index in [-0.39, 0.29) is 0 Å². The average Bonchev–Trinajstić information content (AvgIpc) is 2.81. The Morgan fingerprint density at radius 3 is 0.795 bits per heavy atom. The summed E-state index contributed by atoms with van der Waals surface area (Å²) in [5, 5.41) is 0. The Bertz CT molecular complexity index is 793. The summed E-state index contributed by atoms with van der Waals surface area (Å²) in [6.07, 6.45) is -25.1. The van der Waals surface area contributed by atoms with E-state index in [0.717, 1.165) is 18.0 Å². The van der Waals surface area contributed by atoms with Gasteiger partial charge >= 0.3 is 60.1 Å². The number of alkyl halides is 22. The molecule has 0 heterocycles. The van der Waals surface area contributed by atoms with Gasteiger partial charge in [-0.15, -0.1) is 0 Å². The summed E-state index contributed by atoms with van der Waals surface area (Å²) in [4.78, 5) is 0. The minimum atomic E-state index is -8.68. The van der Waals surface area contributed by atoms with Gasteiger partial charge in [0.1, 0.15) is 0 Å². The van der Waals surface area contributed by atoms with E-state index >= 15 is 0 Å². The first-order chi connectivity index (χ1) is 19.1. The second-order valence-corrected chi connectivity index (χ2v) is 8.60. The van der Waals surface area contributed by atoms with Gasteiger partial charge in [0.25, 0.3) is 0 Å². The third-order valence-electron chi connectivity index (χ3n) is 5.06. The molecule has 0 aromatic rings. The first kappa shape index (κ1) is 44.5. The third kappa shape index (κ3) is 8.80. The molecule has 0 bridgehead atoms. The Hall–Kier alpha value is -1.62. The second kappa shape index (κ2) is 14.4. The number of hydrogen-bond acceptors (Lipinski definition) is 2. The zero-order chi connectivity index (χ0) is 36.1. The van der Waals surface area contributed by atoms with Crippen molar-refractivity contribution in [3.8, 4) is 0 Å². The van der Waals surface area contributed by atoms with Crippen molar-refractivity contribution in [2.45, 2.75) is 112 Å². The van der Waals surface area contributed by atoms with E-state index in [1.54, 1.807) is 0 Å². The number of halogens is 22. The van der Waals surface area contributed by atoms with Gasteiger partial charge in [-0.05, 0) is 12.8 Å². The molecule has 0 N–H and O–H groups in total. The zero-order valence-electron chi connectivity index (χ0n) is 21.8. The molecule has 0 aliphatic rings. The van der Waals surface area contributed by atoms with Gasteiger partial charge in [0.05, 0.1) is 0 Å². The normalized spacial score (nSPS) is 15.3. The van der Waals surface area contributed by atoms with Crippen LogP contribution >= 0.6 is 0 Å². The van der Waals surface area contributed by atoms with E-state index < -0.39 is 60.1 Å². The standard InChI is InChI=1S/C10F22O.C10H22O/c11-1(12,3(15,16)7(23,24)25)5(19,20)9(29,30)33-10(31,32)6(21,22)2(13,14)4(17,18)8(26,27)28;1-3-5-7-9-11-10-8-6-4-2/h;3-10H2,1-2H3. The quantitative estimate of drug-likeness (QED) is 0.117. The number of rotatable bonds is 16. The van der Waals surface area contributed by atoms with Gasteiger partial charge in [0.2, 0.25) is 0 Å². The number of unbranched alkanes of at least 4 members (excludes halogenated alkanes) is 4. The summed E-state index contributed by atoms with van der Waals surface area (Å²) >= 11 is 0. The molecule has 0 fully saturated rings. The van der Waals surface area contributed by atoms with E-state index in [0.29, 0.717) is 0 Å². The van der Waals surface area contributed by atoms with Gasteiger partial charge < -0.3 is 4.74 Å². The van der Waals surface area contributed by atoms with Gasteiger partial charge in [0.15, 0.2) is 0 Å². The second-order valence-electron chi connectivity index (χ2n) is 8.60. The van der Waals surface area contributed by atoms with Crippen LogP contribution in [-0.4, -0.2) is 73.3 Å². The topological polar surface area (TPSA) is 18.5 Å². The van der Waals surface area contributed by atoms with Crippen LogP contribution in [0.3, 0.4) is 0 Å². The summed E-state index contributed by atoms with van der Waals surface area (Å²) in [6.45, 7) is 6.38. The molecule has 0 aromatic carbocycles. The fourth-order valence-corrected chi connectivity index (χ4v) is 2.42. The van der Waals surface area contributed by atoms with Crippen LogP contribution in [0, 0.1) is 0 Å². The maximum atomic E-state index is 12.9. The molecule has 0 saturated heterocycles. The van der Waals surface area contributed by atoms with Crippen LogP contribution in [0.5, 0.6) is 0 Å². The molecule has 0 atom stereocenters. The number of ether oxygens (including phenoxy) is 2. The van der Waals surface area contributed by atoms with Crippen LogP contribution < -0.4 is 0 Å². The molecular formula is C20H22F22O2. The van der Waals surface area contributed by atoms with Crippen molar-refractivity contribution in [2.75, 3.05) is 13.2 Å². The zero-order valence-corrected chi connectivity index (χ0v) is 21.8. The molecule has 268 valence electrons. The van der Waals surface area contributed by atoms with Crippen LogP contribution in [0.1, 0.15) is 52.4 Å². The van der Waals surface area contributed by atoms with Crippen molar-refractivity contribution in [2.24, 2.45) is 0 Å². The predicted octanol–water partition coefficient (Wildman–Crippen LogP) is 10.5. The minimum Gasteiger partial charge on any atom is -0.381 e. The van der Waals surface area contributed by atoms with E-state index in [1.807, 2.05) is 0 Å². The molecule has 24 heteroatoms. The molecular weight excluding hydrogens is 690 g/mol. The predicted molar refractivity (Wildman–Crippen MR) is 103 cm³/mol. The lowest BCUT2D eigenvalue weighted by atomic mass is 10.0. The van der Waals surface area contributed by atoms with E-state index in [9.17, 15) is 96.6 Å². The van der Waals surface area contributed by atoms with Crippen LogP contribution in [0.4, 0.5) is 96.6 Å². The molecule has 0 unspecified atom stereocenters. The molecule has 0 spiro atoms. The Morgan fingerprint density at radius 2 is 0.591 bits per heavy atom. The highest BCUT2D eigenvalue weighted by Crippen LogP contribution is 2.62. The number of hydrogen-bond donors (Lipinski definition) is 0. The van der Waals surface area contributed by atoms with Gasteiger partial charge in [0, 0.05) is 13.2 Å². The summed E-state index contributed by atoms with van der Waals surface area (Å²) in [5.41, 5.74) is 0. The maximum absolute atomic E-state index is 12.9. The Balaban J connectivity index is 0. The van der Waals surface area contributed by atoms with Crippen LogP contribution in [-0.2, 0) is 9.47 Å². The molecule has 0 aromatic heterocycles. The third-order valence-corrected chi connectivity index (χ3v) is 5.06. The monoisotopic (exact) mass is 712 g/mol. The first-order valence-corrected chi connectivity index (χ1v) is 11.6. The Kier molecular flexibility index (Phi) is 14.6. The average molecular weight is 712 g/mol. The molecule has 44 heavy (non-hydrogen) atoms. The fourth-order valence-electron chi connectivity index (χ4n) is 2.42. The first-order valence-electron chi connectivity index (χ1n) is 11.6. The van der Waals surface area contributed by atoms with Crippen molar-refractivity contribution in [3.63, 3.8) is 0 Å². The highest BCUT2D eigenvalue weighted by molar-refractivity contribution is 5.07. The summed E-state index contributed by atoms with van der Waals surface area (Å²) in [7, 11) is 0. The van der Waals surface area contributed by atoms with Crippen LogP contribution in [0.2, 0.25) is 0 Å². The molecule has 0 radical (unpaired) electrons. The SMILES string of the molecule is CCCCCOCCCCC.FC(F)(F)C(F)(F)C(F)(F)C(F)(F)C(F)(F)OC(F)(F)C(F)(F)C(F)(F)C(F)(F)C(F)(F)F. The Labute approximate surface area is 233 Å². The lowest BCUT2D eigenvalue weighted by Crippen LogP contribution is -2.71. The van der Waals surface area contributed by atoms with Crippen molar-refractivity contribution in [1.82, 2.24) is 0 Å². The molecule has 0 aliphatic carbocycles. The molecule has 0 aliphatic heterocycles. The lowest BCUT2D eigenvalue weighted by Gasteiger charge is -2.40. The van der Waals surface area contributed by atoms with Crippen LogP contribution in [0.15, 0.2) is 0 Å². The Morgan fingerprint density at radius 1 is 0.341 bits per heavy atom. The van der Waals surface area contributed by atoms with Gasteiger partial charge in [-0.1, -0.05) is 39.5 Å². The van der Waals surface area contributed by atoms with E-state index in [2.05, 4.69) is 13.8 Å². The van der Waals surface area contributed by atoms with E-state index in [4.69, 9.17) is 4.74 Å². The van der Waals surface area contributed by atoms with Crippen molar-refractivity contribution in [3.05, 3.63) is 0 Å². The van der Waals surface area contributed by atoms with E-state index in [1.165, 1.54) is 38.5 Å². The van der Waals surface area contributed by atoms with Gasteiger partial charge in [-0.25, -0.2) is 4.74 Å². The molecule has 0 rings (SSSR count). The summed E-state index contributed by atoms with van der Waals surface area (Å²) < 4.78 is 281. The van der Waals surface area contributed by atoms with Crippen molar-refractivity contribution >= 4 is 0 Å². The minimum absolute atomic E-state index is 0.815. The van der Waals surface area contributed by atoms with Crippen LogP contribution in [0.25, 0.3) is 0 Å². The largest absolute Gasteiger partial charge is 0.460 e. The molecule has 0 saturated carbocycles. The van der Waals surface area contributed by atoms with Gasteiger partial charge in [-0.3, -0.25) is 0 Å². The summed E-state index contributed by atoms with van der Waals surface area (Å²) in [5.74, 6) is -51.2. The molecule has 2 nitrogen and oxygen atoms in total. The highest BCUT2D eigenvalue weighted by Gasteiger charge is 2.92. The maximum Gasteiger partial charge on any atom is 0.460 e. The smallest absolute Gasteiger partial charge is 0.381 e. The fraction of sp³-hybridized carbons (Fsp3) is 1.00. The highest BCUT2D eigenvalue weighted by atomic mass is 19.4. The summed E-state index contributed by atoms with van der Waals surface area (Å²) in [6, 6.07) is 0.